The molecule has 0 aromatic carbocycles. The lowest BCUT2D eigenvalue weighted by molar-refractivity contribution is 0.330. The van der Waals surface area contributed by atoms with E-state index in [1.54, 1.807) is 0 Å². The van der Waals surface area contributed by atoms with E-state index in [4.69, 9.17) is 0 Å². The largest absolute Gasteiger partial charge is 0.323 e. The van der Waals surface area contributed by atoms with Gasteiger partial charge in [-0.15, -0.1) is 0 Å². The molecule has 0 N–H and O–H groups in total. The molecule has 13 heavy (non-hydrogen) atoms. The normalized spacial score (nSPS) is 21.9. The van der Waals surface area contributed by atoms with Crippen molar-refractivity contribution in [3.63, 3.8) is 0 Å². The zero-order valence-electron chi connectivity index (χ0n) is 9.98. The first-order chi connectivity index (χ1) is 5.86. The fraction of sp³-hybridized carbons (Fsp3) is 1.00. The molecule has 1 heterocycles. The van der Waals surface area contributed by atoms with E-state index in [1.807, 2.05) is 0 Å². The predicted octanol–water partition coefficient (Wildman–Crippen LogP) is 3.48. The van der Waals surface area contributed by atoms with Gasteiger partial charge in [-0.05, 0) is 31.0 Å². The predicted molar refractivity (Wildman–Crippen MR) is 62.6 cm³/mol. The second kappa shape index (κ2) is 3.74. The Balaban J connectivity index is 2.67. The van der Waals surface area contributed by atoms with E-state index in [2.05, 4.69) is 38.4 Å². The van der Waals surface area contributed by atoms with Gasteiger partial charge in [0.2, 0.25) is 0 Å². The monoisotopic (exact) mass is 199 g/mol. The van der Waals surface area contributed by atoms with E-state index in [9.17, 15) is 0 Å². The molecular weight excluding hydrogens is 174 g/mol. The Morgan fingerprint density at radius 3 is 1.77 bits per heavy atom. The van der Waals surface area contributed by atoms with Crippen LogP contribution < -0.4 is 0 Å². The molecule has 0 spiro atoms. The fourth-order valence-corrected chi connectivity index (χ4v) is 4.31. The zero-order valence-corrected chi connectivity index (χ0v) is 11.0. The van der Waals surface area contributed by atoms with Gasteiger partial charge in [0.15, 0.2) is 0 Å². The lowest BCUT2D eigenvalue weighted by Gasteiger charge is -2.47. The highest BCUT2D eigenvalue weighted by Gasteiger charge is 2.40. The standard InChI is InChI=1S/C11H25NSi/c1-11(2,3)13(4,5)12-9-7-6-8-10-12/h6-10H2,1-5H3. The van der Waals surface area contributed by atoms with E-state index in [0.717, 1.165) is 0 Å². The van der Waals surface area contributed by atoms with Crippen molar-refractivity contribution in [1.82, 2.24) is 4.57 Å². The Morgan fingerprint density at radius 1 is 0.923 bits per heavy atom. The number of nitrogens with zero attached hydrogens (tertiary/aromatic N) is 1. The van der Waals surface area contributed by atoms with Crippen LogP contribution in [0, 0.1) is 0 Å². The van der Waals surface area contributed by atoms with Gasteiger partial charge in [0.1, 0.15) is 8.24 Å². The maximum Gasteiger partial charge on any atom is 0.127 e. The van der Waals surface area contributed by atoms with Gasteiger partial charge >= 0.3 is 0 Å². The van der Waals surface area contributed by atoms with E-state index in [0.29, 0.717) is 5.04 Å². The van der Waals surface area contributed by atoms with Gasteiger partial charge in [-0.1, -0.05) is 40.3 Å². The minimum atomic E-state index is -1.17. The Kier molecular flexibility index (Phi) is 3.23. The molecule has 1 nitrogen and oxygen atoms in total. The van der Waals surface area contributed by atoms with Crippen LogP contribution >= 0.6 is 0 Å². The third-order valence-electron chi connectivity index (χ3n) is 3.98. The Bertz CT molecular complexity index is 163. The Hall–Kier alpha value is 0.177. The van der Waals surface area contributed by atoms with Gasteiger partial charge in [0.25, 0.3) is 0 Å². The van der Waals surface area contributed by atoms with Crippen molar-refractivity contribution < 1.29 is 0 Å². The van der Waals surface area contributed by atoms with Crippen LogP contribution in [0.1, 0.15) is 40.0 Å². The van der Waals surface area contributed by atoms with Crippen LogP contribution in [0.4, 0.5) is 0 Å². The van der Waals surface area contributed by atoms with Crippen LogP contribution in [0.15, 0.2) is 0 Å². The van der Waals surface area contributed by atoms with Crippen molar-refractivity contribution in [2.45, 2.75) is 58.2 Å². The maximum absolute atomic E-state index is 2.80. The summed E-state index contributed by atoms with van der Waals surface area (Å²) in [6.45, 7) is 15.0. The number of hydrogen-bond donors (Lipinski definition) is 0. The molecule has 2 heteroatoms. The van der Waals surface area contributed by atoms with E-state index < -0.39 is 8.24 Å². The second-order valence-electron chi connectivity index (χ2n) is 5.86. The Labute approximate surface area is 84.6 Å². The molecule has 78 valence electrons. The van der Waals surface area contributed by atoms with Crippen molar-refractivity contribution in [1.29, 1.82) is 0 Å². The molecule has 0 bridgehead atoms. The van der Waals surface area contributed by atoms with Crippen molar-refractivity contribution >= 4 is 8.24 Å². The highest BCUT2D eigenvalue weighted by Crippen LogP contribution is 2.39. The summed E-state index contributed by atoms with van der Waals surface area (Å²) in [4.78, 5) is 0. The topological polar surface area (TPSA) is 3.24 Å². The molecule has 1 rings (SSSR count). The second-order valence-corrected chi connectivity index (χ2v) is 11.1. The minimum Gasteiger partial charge on any atom is -0.323 e. The average Bonchev–Trinajstić information content (AvgIpc) is 2.04. The smallest absolute Gasteiger partial charge is 0.127 e. The summed E-state index contributed by atoms with van der Waals surface area (Å²) in [5.41, 5.74) is 0. The van der Waals surface area contributed by atoms with Gasteiger partial charge in [-0.25, -0.2) is 0 Å². The van der Waals surface area contributed by atoms with Crippen molar-refractivity contribution in [3.05, 3.63) is 0 Å². The van der Waals surface area contributed by atoms with Crippen LogP contribution in [0.25, 0.3) is 0 Å². The molecule has 0 aromatic heterocycles. The molecule has 0 radical (unpaired) electrons. The average molecular weight is 199 g/mol. The molecule has 0 saturated carbocycles. The van der Waals surface area contributed by atoms with Crippen LogP contribution in [0.3, 0.4) is 0 Å². The lowest BCUT2D eigenvalue weighted by Crippen LogP contribution is -2.56. The van der Waals surface area contributed by atoms with E-state index in [-0.39, 0.29) is 0 Å². The van der Waals surface area contributed by atoms with Gasteiger partial charge in [0.05, 0.1) is 0 Å². The third kappa shape index (κ3) is 2.35. The van der Waals surface area contributed by atoms with Crippen LogP contribution in [0.2, 0.25) is 18.1 Å². The van der Waals surface area contributed by atoms with Crippen molar-refractivity contribution in [2.24, 2.45) is 0 Å². The summed E-state index contributed by atoms with van der Waals surface area (Å²) in [5, 5.41) is 0.518. The zero-order chi connectivity index (χ0) is 10.1. The summed E-state index contributed by atoms with van der Waals surface area (Å²) in [5.74, 6) is 0. The summed E-state index contributed by atoms with van der Waals surface area (Å²) < 4.78 is 2.80. The van der Waals surface area contributed by atoms with Gasteiger partial charge < -0.3 is 4.57 Å². The molecule has 0 unspecified atom stereocenters. The SMILES string of the molecule is CC(C)(C)[Si](C)(C)N1CCCCC1. The highest BCUT2D eigenvalue weighted by molar-refractivity contribution is 6.77. The molecule has 1 fully saturated rings. The molecule has 0 atom stereocenters. The minimum absolute atomic E-state index is 0.518. The summed E-state index contributed by atoms with van der Waals surface area (Å²) >= 11 is 0. The van der Waals surface area contributed by atoms with Gasteiger partial charge in [0, 0.05) is 0 Å². The number of piperidine rings is 1. The molecule has 1 aliphatic heterocycles. The van der Waals surface area contributed by atoms with Gasteiger partial charge in [-0.3, -0.25) is 0 Å². The molecule has 1 aliphatic rings. The number of hydrogen-bond acceptors (Lipinski definition) is 1. The van der Waals surface area contributed by atoms with Crippen LogP contribution in [0.5, 0.6) is 0 Å². The summed E-state index contributed by atoms with van der Waals surface area (Å²) in [6.07, 6.45) is 4.30. The lowest BCUT2D eigenvalue weighted by atomic mass is 10.2. The molecule has 0 amide bonds. The third-order valence-corrected chi connectivity index (χ3v) is 9.68. The summed E-state index contributed by atoms with van der Waals surface area (Å²) in [6, 6.07) is 0. The highest BCUT2D eigenvalue weighted by atomic mass is 28.3. The molecule has 0 aliphatic carbocycles. The van der Waals surface area contributed by atoms with E-state index in [1.165, 1.54) is 32.4 Å². The van der Waals surface area contributed by atoms with Gasteiger partial charge in [-0.2, -0.15) is 0 Å². The quantitative estimate of drug-likeness (QED) is 0.585. The fourth-order valence-electron chi connectivity index (χ4n) is 1.93. The molecule has 1 saturated heterocycles. The first kappa shape index (κ1) is 11.3. The molecular formula is C11H25NSi. The summed E-state index contributed by atoms with van der Waals surface area (Å²) in [7, 11) is -1.17. The first-order valence-electron chi connectivity index (χ1n) is 5.61. The van der Waals surface area contributed by atoms with Crippen molar-refractivity contribution in [3.8, 4) is 0 Å². The van der Waals surface area contributed by atoms with Crippen LogP contribution in [-0.4, -0.2) is 25.9 Å². The van der Waals surface area contributed by atoms with Crippen molar-refractivity contribution in [2.75, 3.05) is 13.1 Å². The maximum atomic E-state index is 2.80. The number of rotatable bonds is 1. The molecule has 0 aromatic rings. The first-order valence-corrected chi connectivity index (χ1v) is 8.55. The van der Waals surface area contributed by atoms with Crippen LogP contribution in [-0.2, 0) is 0 Å². The Morgan fingerprint density at radius 2 is 1.38 bits per heavy atom. The van der Waals surface area contributed by atoms with E-state index >= 15 is 0 Å².